The monoisotopic (exact) mass is 462 g/mol. The second-order valence-electron chi connectivity index (χ2n) is 7.12. The van der Waals surface area contributed by atoms with Crippen molar-refractivity contribution in [2.45, 2.75) is 30.8 Å². The molecule has 1 aliphatic heterocycles. The first-order chi connectivity index (χ1) is 14.5. The highest BCUT2D eigenvalue weighted by Crippen LogP contribution is 2.34. The molecule has 2 aromatic carbocycles. The first-order valence-corrected chi connectivity index (χ1v) is 12.0. The Labute approximate surface area is 189 Å². The molecular formula is C22H23ClN2O3S2. The molecule has 2 heterocycles. The quantitative estimate of drug-likeness (QED) is 0.429. The number of benzene rings is 2. The number of carbonyl (C=O) groups is 1. The molecule has 0 N–H and O–H groups in total. The zero-order valence-electron chi connectivity index (χ0n) is 16.9. The van der Waals surface area contributed by atoms with Gasteiger partial charge < -0.3 is 9.47 Å². The van der Waals surface area contributed by atoms with E-state index in [1.807, 2.05) is 43.3 Å². The Balaban J connectivity index is 1.55. The van der Waals surface area contributed by atoms with Crippen LogP contribution in [0.15, 0.2) is 41.3 Å². The van der Waals surface area contributed by atoms with Gasteiger partial charge in [-0.25, -0.2) is 4.98 Å². The Kier molecular flexibility index (Phi) is 6.83. The molecule has 5 nitrogen and oxygen atoms in total. The number of methoxy groups -OCH3 is 1. The van der Waals surface area contributed by atoms with Gasteiger partial charge in [-0.3, -0.25) is 9.69 Å². The van der Waals surface area contributed by atoms with Gasteiger partial charge in [0.25, 0.3) is 0 Å². The lowest BCUT2D eigenvalue weighted by molar-refractivity contribution is -0.116. The number of fused-ring (bicyclic) bond motifs is 1. The van der Waals surface area contributed by atoms with Crippen LogP contribution >= 0.6 is 34.7 Å². The highest BCUT2D eigenvalue weighted by molar-refractivity contribution is 8.00. The third-order valence-electron chi connectivity index (χ3n) is 5.10. The van der Waals surface area contributed by atoms with Gasteiger partial charge in [0.2, 0.25) is 5.91 Å². The Morgan fingerprint density at radius 3 is 2.83 bits per heavy atom. The molecule has 8 heteroatoms. The Morgan fingerprint density at radius 1 is 1.33 bits per heavy atom. The zero-order valence-corrected chi connectivity index (χ0v) is 19.3. The number of hydrogen-bond acceptors (Lipinski definition) is 6. The molecule has 30 heavy (non-hydrogen) atoms. The lowest BCUT2D eigenvalue weighted by atomic mass is 10.2. The van der Waals surface area contributed by atoms with E-state index in [0.29, 0.717) is 22.5 Å². The molecule has 1 aromatic heterocycles. The Hall–Kier alpha value is -1.80. The average molecular weight is 463 g/mol. The number of rotatable bonds is 7. The molecule has 158 valence electrons. The fourth-order valence-electron chi connectivity index (χ4n) is 3.38. The number of hydrogen-bond donors (Lipinski definition) is 0. The largest absolute Gasteiger partial charge is 0.497 e. The van der Waals surface area contributed by atoms with Crippen LogP contribution in [0.4, 0.5) is 5.13 Å². The van der Waals surface area contributed by atoms with E-state index in [0.717, 1.165) is 45.9 Å². The number of ether oxygens (including phenoxy) is 2. The molecular weight excluding hydrogens is 440 g/mol. The minimum absolute atomic E-state index is 0.0223. The molecule has 0 saturated carbocycles. The summed E-state index contributed by atoms with van der Waals surface area (Å²) in [6.45, 7) is 3.23. The summed E-state index contributed by atoms with van der Waals surface area (Å²) in [6, 6.07) is 11.6. The molecule has 1 atom stereocenters. The van der Waals surface area contributed by atoms with Gasteiger partial charge >= 0.3 is 0 Å². The van der Waals surface area contributed by atoms with Crippen molar-refractivity contribution in [3.05, 3.63) is 47.0 Å². The van der Waals surface area contributed by atoms with Crippen molar-refractivity contribution in [3.8, 4) is 5.75 Å². The van der Waals surface area contributed by atoms with E-state index >= 15 is 0 Å². The van der Waals surface area contributed by atoms with Crippen LogP contribution in [-0.4, -0.2) is 43.0 Å². The average Bonchev–Trinajstić information content (AvgIpc) is 3.43. The number of carbonyl (C=O) groups excluding carboxylic acids is 1. The summed E-state index contributed by atoms with van der Waals surface area (Å²) < 4.78 is 12.0. The molecule has 1 saturated heterocycles. The third-order valence-corrected chi connectivity index (χ3v) is 7.55. The van der Waals surface area contributed by atoms with Gasteiger partial charge in [-0.2, -0.15) is 0 Å². The summed E-state index contributed by atoms with van der Waals surface area (Å²) in [7, 11) is 1.64. The van der Waals surface area contributed by atoms with Crippen molar-refractivity contribution in [2.75, 3.05) is 30.9 Å². The van der Waals surface area contributed by atoms with Crippen LogP contribution in [-0.2, 0) is 9.53 Å². The van der Waals surface area contributed by atoms with Crippen LogP contribution in [0.3, 0.4) is 0 Å². The normalized spacial score (nSPS) is 16.2. The van der Waals surface area contributed by atoms with Crippen molar-refractivity contribution in [1.29, 1.82) is 0 Å². The maximum absolute atomic E-state index is 13.2. The van der Waals surface area contributed by atoms with E-state index in [2.05, 4.69) is 0 Å². The third kappa shape index (κ3) is 4.75. The number of aryl methyl sites for hydroxylation is 1. The van der Waals surface area contributed by atoms with Crippen molar-refractivity contribution in [1.82, 2.24) is 4.98 Å². The topological polar surface area (TPSA) is 51.7 Å². The van der Waals surface area contributed by atoms with Crippen LogP contribution in [0.2, 0.25) is 5.02 Å². The second-order valence-corrected chi connectivity index (χ2v) is 9.58. The summed E-state index contributed by atoms with van der Waals surface area (Å²) in [5.41, 5.74) is 1.80. The first-order valence-electron chi connectivity index (χ1n) is 9.79. The second kappa shape index (κ2) is 9.56. The minimum Gasteiger partial charge on any atom is -0.497 e. The van der Waals surface area contributed by atoms with Crippen LogP contribution in [0, 0.1) is 6.92 Å². The summed E-state index contributed by atoms with van der Waals surface area (Å²) >= 11 is 9.30. The molecule has 0 radical (unpaired) electrons. The molecule has 0 bridgehead atoms. The summed E-state index contributed by atoms with van der Waals surface area (Å²) in [5, 5.41) is 1.39. The molecule has 3 aromatic rings. The predicted molar refractivity (Wildman–Crippen MR) is 124 cm³/mol. The molecule has 0 aliphatic carbocycles. The zero-order chi connectivity index (χ0) is 21.1. The predicted octanol–water partition coefficient (Wildman–Crippen LogP) is 5.57. The Morgan fingerprint density at radius 2 is 2.13 bits per heavy atom. The number of halogens is 1. The maximum atomic E-state index is 13.2. The standard InChI is InChI=1S/C22H23ClN2O3S2/c1-14-18(23)9-10-19-21(14)24-22(30-19)25(12-16-4-3-11-28-16)20(26)13-29-17-7-5-15(27-2)6-8-17/h5-10,16H,3-4,11-13H2,1-2H3. The van der Waals surface area contributed by atoms with Gasteiger partial charge in [-0.1, -0.05) is 22.9 Å². The van der Waals surface area contributed by atoms with Gasteiger partial charge in [0.05, 0.1) is 35.7 Å². The van der Waals surface area contributed by atoms with E-state index < -0.39 is 0 Å². The van der Waals surface area contributed by atoms with Gasteiger partial charge in [-0.15, -0.1) is 11.8 Å². The van der Waals surface area contributed by atoms with Crippen molar-refractivity contribution < 1.29 is 14.3 Å². The lowest BCUT2D eigenvalue weighted by Crippen LogP contribution is -2.38. The summed E-state index contributed by atoms with van der Waals surface area (Å²) in [4.78, 5) is 20.8. The van der Waals surface area contributed by atoms with Crippen LogP contribution in [0.1, 0.15) is 18.4 Å². The van der Waals surface area contributed by atoms with E-state index in [4.69, 9.17) is 26.1 Å². The summed E-state index contributed by atoms with van der Waals surface area (Å²) in [6.07, 6.45) is 2.05. The van der Waals surface area contributed by atoms with Crippen molar-refractivity contribution in [3.63, 3.8) is 0 Å². The fourth-order valence-corrected chi connectivity index (χ4v) is 5.36. The number of amides is 1. The molecule has 4 rings (SSSR count). The smallest absolute Gasteiger partial charge is 0.239 e. The lowest BCUT2D eigenvalue weighted by Gasteiger charge is -2.23. The summed E-state index contributed by atoms with van der Waals surface area (Å²) in [5.74, 6) is 1.15. The molecule has 1 amide bonds. The van der Waals surface area contributed by atoms with Crippen molar-refractivity contribution in [2.24, 2.45) is 0 Å². The van der Waals surface area contributed by atoms with Crippen LogP contribution in [0.5, 0.6) is 5.75 Å². The van der Waals surface area contributed by atoms with E-state index in [9.17, 15) is 4.79 Å². The number of anilines is 1. The number of aromatic nitrogens is 1. The highest BCUT2D eigenvalue weighted by Gasteiger charge is 2.26. The minimum atomic E-state index is 0.0223. The molecule has 1 aliphatic rings. The molecule has 0 spiro atoms. The van der Waals surface area contributed by atoms with Crippen LogP contribution < -0.4 is 9.64 Å². The first kappa shape index (κ1) is 21.4. The van der Waals surface area contributed by atoms with Gasteiger partial charge in [0.1, 0.15) is 5.75 Å². The Bertz CT molecular complexity index is 1030. The van der Waals surface area contributed by atoms with Crippen molar-refractivity contribution >= 4 is 56.0 Å². The SMILES string of the molecule is COc1ccc(SCC(=O)N(CC2CCCO2)c2nc3c(C)c(Cl)ccc3s2)cc1. The highest BCUT2D eigenvalue weighted by atomic mass is 35.5. The van der Waals surface area contributed by atoms with Gasteiger partial charge in [0, 0.05) is 16.5 Å². The molecule has 1 fully saturated rings. The van der Waals surface area contributed by atoms with Crippen LogP contribution in [0.25, 0.3) is 10.2 Å². The van der Waals surface area contributed by atoms with Gasteiger partial charge in [0.15, 0.2) is 5.13 Å². The van der Waals surface area contributed by atoms with E-state index in [1.54, 1.807) is 12.0 Å². The van der Waals surface area contributed by atoms with Gasteiger partial charge in [-0.05, 0) is 61.7 Å². The number of nitrogens with zero attached hydrogens (tertiary/aromatic N) is 2. The number of thiazole rings is 1. The van der Waals surface area contributed by atoms with E-state index in [-0.39, 0.29) is 12.0 Å². The molecule has 1 unspecified atom stereocenters. The number of thioether (sulfide) groups is 1. The van der Waals surface area contributed by atoms with E-state index in [1.165, 1.54) is 23.1 Å². The fraction of sp³-hybridized carbons (Fsp3) is 0.364. The maximum Gasteiger partial charge on any atom is 0.239 e.